The zero-order valence-corrected chi connectivity index (χ0v) is 16.2. The summed E-state index contributed by atoms with van der Waals surface area (Å²) in [5.74, 6) is 1.22. The van der Waals surface area contributed by atoms with Crippen molar-refractivity contribution >= 4 is 22.7 Å². The first kappa shape index (κ1) is 20.3. The van der Waals surface area contributed by atoms with Gasteiger partial charge in [0.05, 0.1) is 6.54 Å². The van der Waals surface area contributed by atoms with Crippen molar-refractivity contribution in [3.63, 3.8) is 0 Å². The molecular weight excluding hydrogens is 405 g/mol. The average Bonchev–Trinajstić information content (AvgIpc) is 3.21. The van der Waals surface area contributed by atoms with E-state index in [1.807, 2.05) is 0 Å². The third-order valence-corrected chi connectivity index (χ3v) is 5.07. The first-order valence-electron chi connectivity index (χ1n) is 9.34. The zero-order valence-electron chi connectivity index (χ0n) is 16.2. The Labute approximate surface area is 176 Å². The molecular formula is C22H18FN3O5. The van der Waals surface area contributed by atoms with Crippen LogP contribution in [0.15, 0.2) is 48.7 Å². The SMILES string of the molecule is O=C1NC(=O)[C@](Cn2cc3cc(COC#CCO)ccc3c2O)(c2ccc(F)cc2)N1. The van der Waals surface area contributed by atoms with Crippen molar-refractivity contribution in [2.75, 3.05) is 6.61 Å². The molecule has 1 fully saturated rings. The summed E-state index contributed by atoms with van der Waals surface area (Å²) in [5, 5.41) is 25.4. The number of nitrogens with one attached hydrogen (secondary N) is 2. The van der Waals surface area contributed by atoms with Crippen molar-refractivity contribution in [2.24, 2.45) is 0 Å². The molecule has 0 radical (unpaired) electrons. The Morgan fingerprint density at radius 2 is 1.94 bits per heavy atom. The summed E-state index contributed by atoms with van der Waals surface area (Å²) in [7, 11) is 0. The van der Waals surface area contributed by atoms with Crippen LogP contribution in [0.4, 0.5) is 9.18 Å². The summed E-state index contributed by atoms with van der Waals surface area (Å²) in [5.41, 5.74) is -0.341. The van der Waals surface area contributed by atoms with Crippen molar-refractivity contribution in [3.8, 4) is 17.9 Å². The highest BCUT2D eigenvalue weighted by Gasteiger charge is 2.48. The molecule has 0 spiro atoms. The maximum atomic E-state index is 13.4. The number of carbonyl (C=O) groups is 2. The monoisotopic (exact) mass is 423 g/mol. The van der Waals surface area contributed by atoms with Gasteiger partial charge in [0.25, 0.3) is 5.91 Å². The molecule has 1 aliphatic rings. The first-order valence-corrected chi connectivity index (χ1v) is 9.34. The fourth-order valence-electron chi connectivity index (χ4n) is 3.61. The molecule has 2 aromatic carbocycles. The number of aliphatic hydroxyl groups excluding tert-OH is 1. The number of aliphatic hydroxyl groups is 1. The Balaban J connectivity index is 1.69. The van der Waals surface area contributed by atoms with E-state index in [4.69, 9.17) is 9.84 Å². The molecule has 1 aliphatic heterocycles. The van der Waals surface area contributed by atoms with Crippen molar-refractivity contribution in [1.82, 2.24) is 15.2 Å². The Hall–Kier alpha value is -4.03. The van der Waals surface area contributed by atoms with Gasteiger partial charge >= 0.3 is 6.03 Å². The van der Waals surface area contributed by atoms with Crippen LogP contribution in [-0.2, 0) is 28.2 Å². The molecule has 4 rings (SSSR count). The van der Waals surface area contributed by atoms with Crippen LogP contribution in [0.5, 0.6) is 5.88 Å². The lowest BCUT2D eigenvalue weighted by Gasteiger charge is -2.27. The van der Waals surface area contributed by atoms with Gasteiger partial charge in [-0.25, -0.2) is 9.18 Å². The third kappa shape index (κ3) is 3.76. The van der Waals surface area contributed by atoms with Crippen LogP contribution >= 0.6 is 0 Å². The number of hydrogen-bond donors (Lipinski definition) is 4. The molecule has 8 nitrogen and oxygen atoms in total. The van der Waals surface area contributed by atoms with Crippen LogP contribution in [0.3, 0.4) is 0 Å². The van der Waals surface area contributed by atoms with Gasteiger partial charge < -0.3 is 24.8 Å². The second kappa shape index (κ2) is 8.01. The molecule has 0 unspecified atom stereocenters. The van der Waals surface area contributed by atoms with E-state index in [1.165, 1.54) is 28.8 Å². The quantitative estimate of drug-likeness (QED) is 0.369. The van der Waals surface area contributed by atoms with Gasteiger partial charge in [-0.05, 0) is 41.3 Å². The minimum absolute atomic E-state index is 0.0852. The van der Waals surface area contributed by atoms with E-state index < -0.39 is 23.3 Å². The molecule has 0 aliphatic carbocycles. The van der Waals surface area contributed by atoms with Crippen molar-refractivity contribution in [1.29, 1.82) is 0 Å². The highest BCUT2D eigenvalue weighted by molar-refractivity contribution is 6.07. The average molecular weight is 423 g/mol. The minimum atomic E-state index is -1.51. The summed E-state index contributed by atoms with van der Waals surface area (Å²) < 4.78 is 20.0. The van der Waals surface area contributed by atoms with Crippen molar-refractivity contribution in [3.05, 3.63) is 65.6 Å². The largest absolute Gasteiger partial charge is 0.494 e. The molecule has 1 atom stereocenters. The van der Waals surface area contributed by atoms with E-state index in [-0.39, 0.29) is 25.6 Å². The molecule has 0 saturated carbocycles. The fourth-order valence-corrected chi connectivity index (χ4v) is 3.61. The highest BCUT2D eigenvalue weighted by Crippen LogP contribution is 2.33. The maximum absolute atomic E-state index is 13.4. The van der Waals surface area contributed by atoms with Gasteiger partial charge in [0.1, 0.15) is 25.1 Å². The number of ether oxygens (including phenoxy) is 1. The topological polar surface area (TPSA) is 113 Å². The lowest BCUT2D eigenvalue weighted by molar-refractivity contribution is -0.124. The van der Waals surface area contributed by atoms with Crippen LogP contribution in [0.1, 0.15) is 11.1 Å². The van der Waals surface area contributed by atoms with Crippen LogP contribution in [0.25, 0.3) is 10.8 Å². The van der Waals surface area contributed by atoms with Gasteiger partial charge in [-0.3, -0.25) is 10.1 Å². The molecule has 0 bridgehead atoms. The molecule has 9 heteroatoms. The van der Waals surface area contributed by atoms with Crippen molar-refractivity contribution in [2.45, 2.75) is 18.7 Å². The van der Waals surface area contributed by atoms with Crippen molar-refractivity contribution < 1.29 is 28.9 Å². The molecule has 1 saturated heterocycles. The summed E-state index contributed by atoms with van der Waals surface area (Å²) in [6, 6.07) is 9.83. The third-order valence-electron chi connectivity index (χ3n) is 5.07. The summed E-state index contributed by atoms with van der Waals surface area (Å²) >= 11 is 0. The number of aromatic hydroxyl groups is 1. The van der Waals surface area contributed by atoms with E-state index in [0.29, 0.717) is 16.3 Å². The van der Waals surface area contributed by atoms with Crippen LogP contribution in [0, 0.1) is 17.8 Å². The van der Waals surface area contributed by atoms with Gasteiger partial charge in [0.15, 0.2) is 11.4 Å². The first-order chi connectivity index (χ1) is 14.9. The van der Waals surface area contributed by atoms with E-state index in [9.17, 15) is 19.1 Å². The number of nitrogens with zero attached hydrogens (tertiary/aromatic N) is 1. The maximum Gasteiger partial charge on any atom is 0.322 e. The smallest absolute Gasteiger partial charge is 0.322 e. The number of rotatable bonds is 5. The van der Waals surface area contributed by atoms with Gasteiger partial charge in [-0.2, -0.15) is 0 Å². The number of halogens is 1. The van der Waals surface area contributed by atoms with Gasteiger partial charge in [0.2, 0.25) is 0 Å². The van der Waals surface area contributed by atoms with Crippen LogP contribution in [0.2, 0.25) is 0 Å². The fraction of sp³-hybridized carbons (Fsp3) is 0.182. The number of fused-ring (bicyclic) bond motifs is 1. The summed E-state index contributed by atoms with van der Waals surface area (Å²) in [4.78, 5) is 24.6. The number of aromatic nitrogens is 1. The molecule has 4 N–H and O–H groups in total. The van der Waals surface area contributed by atoms with E-state index in [2.05, 4.69) is 22.7 Å². The molecule has 31 heavy (non-hydrogen) atoms. The number of benzene rings is 2. The van der Waals surface area contributed by atoms with Gasteiger partial charge in [-0.15, -0.1) is 0 Å². The Kier molecular flexibility index (Phi) is 5.23. The molecule has 3 amide bonds. The lowest BCUT2D eigenvalue weighted by Crippen LogP contribution is -2.47. The number of imide groups is 1. The zero-order chi connectivity index (χ0) is 22.0. The predicted molar refractivity (Wildman–Crippen MR) is 108 cm³/mol. The van der Waals surface area contributed by atoms with Crippen LogP contribution < -0.4 is 10.6 Å². The highest BCUT2D eigenvalue weighted by atomic mass is 19.1. The standard InChI is InChI=1S/C22H18FN3O5/c23-17-5-3-16(4-6-17)22(20(29)24-21(30)25-22)13-26-11-15-10-14(12-31-9-1-8-27)2-7-18(15)19(26)28/h2-7,10-11,27-28H,8,12-13H2,(H2,24,25,29,30)/t22-/m0/s1. The Bertz CT molecular complexity index is 1230. The van der Waals surface area contributed by atoms with Gasteiger partial charge in [0, 0.05) is 17.0 Å². The molecule has 2 heterocycles. The second-order valence-electron chi connectivity index (χ2n) is 7.05. The Morgan fingerprint density at radius 3 is 2.61 bits per heavy atom. The number of urea groups is 1. The van der Waals surface area contributed by atoms with E-state index in [0.717, 1.165) is 5.56 Å². The van der Waals surface area contributed by atoms with E-state index >= 15 is 0 Å². The molecule has 158 valence electrons. The second-order valence-corrected chi connectivity index (χ2v) is 7.05. The number of carbonyl (C=O) groups excluding carboxylic acids is 2. The lowest BCUT2D eigenvalue weighted by atomic mass is 9.89. The summed E-state index contributed by atoms with van der Waals surface area (Å²) in [6.07, 6.45) is 4.02. The van der Waals surface area contributed by atoms with Crippen LogP contribution in [-0.4, -0.2) is 33.3 Å². The molecule has 3 aromatic rings. The minimum Gasteiger partial charge on any atom is -0.494 e. The van der Waals surface area contributed by atoms with Gasteiger partial charge in [-0.1, -0.05) is 18.2 Å². The molecule has 1 aromatic heterocycles. The predicted octanol–water partition coefficient (Wildman–Crippen LogP) is 1.69. The van der Waals surface area contributed by atoms with E-state index in [1.54, 1.807) is 24.4 Å². The normalized spacial score (nSPS) is 17.7. The summed E-state index contributed by atoms with van der Waals surface area (Å²) in [6.45, 7) is -0.215. The number of hydrogen-bond acceptors (Lipinski definition) is 5. The Morgan fingerprint density at radius 1 is 1.16 bits per heavy atom. The number of amides is 3.